The van der Waals surface area contributed by atoms with Crippen molar-refractivity contribution in [1.82, 2.24) is 5.32 Å². The van der Waals surface area contributed by atoms with E-state index in [1.807, 2.05) is 0 Å². The van der Waals surface area contributed by atoms with Gasteiger partial charge in [0, 0.05) is 6.54 Å². The van der Waals surface area contributed by atoms with Gasteiger partial charge in [0.25, 0.3) is 5.91 Å². The molecule has 1 atom stereocenters. The highest BCUT2D eigenvalue weighted by atomic mass is 19.1. The molecule has 0 heterocycles. The lowest BCUT2D eigenvalue weighted by Gasteiger charge is -2.14. The molecule has 0 saturated heterocycles. The molecule has 0 aliphatic rings. The Morgan fingerprint density at radius 3 is 2.30 bits per heavy atom. The van der Waals surface area contributed by atoms with Crippen LogP contribution >= 0.6 is 0 Å². The molecular formula is C20H22FNO5. The molecule has 0 aliphatic heterocycles. The maximum atomic E-state index is 12.8. The lowest BCUT2D eigenvalue weighted by molar-refractivity contribution is -0.154. The minimum absolute atomic E-state index is 0.305. The van der Waals surface area contributed by atoms with Crippen molar-refractivity contribution in [3.63, 3.8) is 0 Å². The first-order valence-corrected chi connectivity index (χ1v) is 8.46. The van der Waals surface area contributed by atoms with Crippen LogP contribution < -0.4 is 14.8 Å². The van der Waals surface area contributed by atoms with Crippen LogP contribution in [0.25, 0.3) is 0 Å². The van der Waals surface area contributed by atoms with E-state index in [1.54, 1.807) is 50.4 Å². The number of methoxy groups -OCH3 is 1. The summed E-state index contributed by atoms with van der Waals surface area (Å²) in [5.74, 6) is -0.193. The van der Waals surface area contributed by atoms with Gasteiger partial charge in [-0.3, -0.25) is 4.79 Å². The molecule has 1 unspecified atom stereocenters. The molecule has 1 amide bonds. The predicted molar refractivity (Wildman–Crippen MR) is 97.2 cm³/mol. The molecule has 0 radical (unpaired) electrons. The molecule has 0 saturated carbocycles. The van der Waals surface area contributed by atoms with Crippen LogP contribution in [0.2, 0.25) is 0 Å². The fourth-order valence-electron chi connectivity index (χ4n) is 2.21. The second-order valence-corrected chi connectivity index (χ2v) is 5.77. The third-order valence-electron chi connectivity index (χ3n) is 3.70. The van der Waals surface area contributed by atoms with Gasteiger partial charge in [0.15, 0.2) is 12.7 Å². The maximum Gasteiger partial charge on any atom is 0.347 e. The van der Waals surface area contributed by atoms with E-state index in [9.17, 15) is 14.0 Å². The Morgan fingerprint density at radius 1 is 1.04 bits per heavy atom. The first-order chi connectivity index (χ1) is 13.0. The van der Waals surface area contributed by atoms with Gasteiger partial charge in [0.05, 0.1) is 7.11 Å². The Hall–Kier alpha value is -3.09. The highest BCUT2D eigenvalue weighted by molar-refractivity contribution is 5.81. The highest BCUT2D eigenvalue weighted by Gasteiger charge is 2.17. The van der Waals surface area contributed by atoms with Crippen molar-refractivity contribution in [3.8, 4) is 11.5 Å². The SMILES string of the molecule is COc1ccc(OC(C)C(=O)OCC(=O)NCCc2ccc(F)cc2)cc1. The number of ether oxygens (including phenoxy) is 3. The van der Waals surface area contributed by atoms with Crippen LogP contribution in [-0.2, 0) is 20.7 Å². The van der Waals surface area contributed by atoms with Gasteiger partial charge in [-0.25, -0.2) is 9.18 Å². The molecule has 6 nitrogen and oxygen atoms in total. The third kappa shape index (κ3) is 6.97. The Labute approximate surface area is 157 Å². The normalized spacial score (nSPS) is 11.4. The van der Waals surface area contributed by atoms with Gasteiger partial charge in [-0.2, -0.15) is 0 Å². The number of carbonyl (C=O) groups excluding carboxylic acids is 2. The molecule has 1 N–H and O–H groups in total. The first-order valence-electron chi connectivity index (χ1n) is 8.46. The Bertz CT molecular complexity index is 746. The zero-order valence-electron chi connectivity index (χ0n) is 15.2. The molecule has 0 aromatic heterocycles. The zero-order chi connectivity index (χ0) is 19.6. The average Bonchev–Trinajstić information content (AvgIpc) is 2.68. The van der Waals surface area contributed by atoms with Gasteiger partial charge < -0.3 is 19.5 Å². The minimum atomic E-state index is -0.856. The molecule has 0 aliphatic carbocycles. The lowest BCUT2D eigenvalue weighted by Crippen LogP contribution is -2.33. The molecule has 2 rings (SSSR count). The summed E-state index contributed by atoms with van der Waals surface area (Å²) in [6, 6.07) is 12.8. The first kappa shape index (κ1) is 20.2. The number of hydrogen-bond donors (Lipinski definition) is 1. The number of benzene rings is 2. The molecule has 144 valence electrons. The number of halogens is 1. The van der Waals surface area contributed by atoms with Gasteiger partial charge in [0.1, 0.15) is 17.3 Å². The molecule has 0 fully saturated rings. The summed E-state index contributed by atoms with van der Waals surface area (Å²) in [5, 5.41) is 2.64. The van der Waals surface area contributed by atoms with Crippen LogP contribution in [0.15, 0.2) is 48.5 Å². The summed E-state index contributed by atoms with van der Waals surface area (Å²) < 4.78 is 28.3. The molecule has 2 aromatic rings. The van der Waals surface area contributed by atoms with Gasteiger partial charge in [-0.05, 0) is 55.3 Å². The van der Waals surface area contributed by atoms with Crippen LogP contribution in [0, 0.1) is 5.82 Å². The number of hydrogen-bond acceptors (Lipinski definition) is 5. The lowest BCUT2D eigenvalue weighted by atomic mass is 10.1. The largest absolute Gasteiger partial charge is 0.497 e. The summed E-state index contributed by atoms with van der Waals surface area (Å²) in [5.41, 5.74) is 0.898. The third-order valence-corrected chi connectivity index (χ3v) is 3.70. The fraction of sp³-hybridized carbons (Fsp3) is 0.300. The zero-order valence-corrected chi connectivity index (χ0v) is 15.2. The van der Waals surface area contributed by atoms with Crippen molar-refractivity contribution in [2.45, 2.75) is 19.4 Å². The van der Waals surface area contributed by atoms with E-state index in [4.69, 9.17) is 14.2 Å². The molecule has 27 heavy (non-hydrogen) atoms. The van der Waals surface area contributed by atoms with E-state index in [0.29, 0.717) is 24.5 Å². The Balaban J connectivity index is 1.67. The summed E-state index contributed by atoms with van der Waals surface area (Å²) in [6.07, 6.45) is -0.304. The van der Waals surface area contributed by atoms with E-state index >= 15 is 0 Å². The van der Waals surface area contributed by atoms with Crippen LogP contribution in [0.3, 0.4) is 0 Å². The fourth-order valence-corrected chi connectivity index (χ4v) is 2.21. The summed E-state index contributed by atoms with van der Waals surface area (Å²) in [4.78, 5) is 23.7. The molecular weight excluding hydrogens is 353 g/mol. The summed E-state index contributed by atoms with van der Waals surface area (Å²) >= 11 is 0. The summed E-state index contributed by atoms with van der Waals surface area (Å²) in [7, 11) is 1.56. The number of amides is 1. The van der Waals surface area contributed by atoms with Crippen LogP contribution in [0.5, 0.6) is 11.5 Å². The molecule has 2 aromatic carbocycles. The number of rotatable bonds is 9. The van der Waals surface area contributed by atoms with Gasteiger partial charge in [-0.1, -0.05) is 12.1 Å². The van der Waals surface area contributed by atoms with Crippen LogP contribution in [-0.4, -0.2) is 38.2 Å². The van der Waals surface area contributed by atoms with E-state index < -0.39 is 24.6 Å². The minimum Gasteiger partial charge on any atom is -0.497 e. The van der Waals surface area contributed by atoms with Crippen molar-refractivity contribution in [1.29, 1.82) is 0 Å². The maximum absolute atomic E-state index is 12.8. The van der Waals surface area contributed by atoms with Gasteiger partial charge in [-0.15, -0.1) is 0 Å². The molecule has 7 heteroatoms. The number of nitrogens with one attached hydrogen (secondary N) is 1. The van der Waals surface area contributed by atoms with Crippen molar-refractivity contribution in [2.75, 3.05) is 20.3 Å². The standard InChI is InChI=1S/C20H22FNO5/c1-14(27-18-9-7-17(25-2)8-10-18)20(24)26-13-19(23)22-12-11-15-3-5-16(21)6-4-15/h3-10,14H,11-13H2,1-2H3,(H,22,23). The Morgan fingerprint density at radius 2 is 1.67 bits per heavy atom. The quantitative estimate of drug-likeness (QED) is 0.682. The monoisotopic (exact) mass is 375 g/mol. The van der Waals surface area contributed by atoms with Crippen LogP contribution in [0.4, 0.5) is 4.39 Å². The van der Waals surface area contributed by atoms with Gasteiger partial charge >= 0.3 is 5.97 Å². The predicted octanol–water partition coefficient (Wildman–Crippen LogP) is 2.50. The van der Waals surface area contributed by atoms with Gasteiger partial charge in [0.2, 0.25) is 0 Å². The topological polar surface area (TPSA) is 73.9 Å². The van der Waals surface area contributed by atoms with Crippen molar-refractivity contribution >= 4 is 11.9 Å². The Kier molecular flexibility index (Phi) is 7.61. The summed E-state index contributed by atoms with van der Waals surface area (Å²) in [6.45, 7) is 1.51. The molecule has 0 spiro atoms. The van der Waals surface area contributed by atoms with E-state index in [1.165, 1.54) is 12.1 Å². The van der Waals surface area contributed by atoms with E-state index in [-0.39, 0.29) is 5.82 Å². The number of esters is 1. The smallest absolute Gasteiger partial charge is 0.347 e. The number of carbonyl (C=O) groups is 2. The van der Waals surface area contributed by atoms with E-state index in [0.717, 1.165) is 5.56 Å². The highest BCUT2D eigenvalue weighted by Crippen LogP contribution is 2.18. The van der Waals surface area contributed by atoms with Crippen molar-refractivity contribution < 1.29 is 28.2 Å². The van der Waals surface area contributed by atoms with E-state index in [2.05, 4.69) is 5.32 Å². The average molecular weight is 375 g/mol. The second-order valence-electron chi connectivity index (χ2n) is 5.77. The molecule has 0 bridgehead atoms. The second kappa shape index (κ2) is 10.2. The van der Waals surface area contributed by atoms with Crippen molar-refractivity contribution in [2.24, 2.45) is 0 Å². The van der Waals surface area contributed by atoms with Crippen LogP contribution in [0.1, 0.15) is 12.5 Å². The van der Waals surface area contributed by atoms with Crippen molar-refractivity contribution in [3.05, 3.63) is 59.9 Å².